The van der Waals surface area contributed by atoms with E-state index < -0.39 is 0 Å². The maximum atomic E-state index is 6.10. The third kappa shape index (κ3) is 3.16. The van der Waals surface area contributed by atoms with Gasteiger partial charge in [-0.15, -0.1) is 11.3 Å². The highest BCUT2D eigenvalue weighted by Gasteiger charge is 2.20. The largest absolute Gasteiger partial charge is 0.395 e. The number of hydrogen-bond donors (Lipinski definition) is 2. The second kappa shape index (κ2) is 5.75. The second-order valence-corrected chi connectivity index (χ2v) is 5.91. The van der Waals surface area contributed by atoms with Crippen LogP contribution in [0.3, 0.4) is 0 Å². The van der Waals surface area contributed by atoms with Gasteiger partial charge in [0.15, 0.2) is 0 Å². The van der Waals surface area contributed by atoms with Crippen LogP contribution in [0.15, 0.2) is 17.6 Å². The summed E-state index contributed by atoms with van der Waals surface area (Å²) in [6, 6.07) is 4.09. The Morgan fingerprint density at radius 3 is 3.16 bits per heavy atom. The molecule has 0 unspecified atom stereocenters. The molecule has 3 rings (SSSR count). The molecule has 2 aromatic rings. The molecule has 19 heavy (non-hydrogen) atoms. The zero-order chi connectivity index (χ0) is 13.1. The van der Waals surface area contributed by atoms with Crippen LogP contribution in [0.25, 0.3) is 10.2 Å². The van der Waals surface area contributed by atoms with Crippen molar-refractivity contribution in [3.8, 4) is 0 Å². The van der Waals surface area contributed by atoms with Crippen molar-refractivity contribution in [2.24, 2.45) is 5.92 Å². The number of fused-ring (bicyclic) bond motifs is 1. The van der Waals surface area contributed by atoms with E-state index >= 15 is 0 Å². The van der Waals surface area contributed by atoms with Crippen LogP contribution >= 0.6 is 11.3 Å². The maximum absolute atomic E-state index is 6.10. The molecule has 102 valence electrons. The summed E-state index contributed by atoms with van der Waals surface area (Å²) < 4.78 is 6.74. The average Bonchev–Trinajstić information content (AvgIpc) is 3.11. The minimum atomic E-state index is 0.748. The monoisotopic (exact) mass is 277 g/mol. The van der Waals surface area contributed by atoms with E-state index in [-0.39, 0.29) is 0 Å². The maximum Gasteiger partial charge on any atom is 0.106 e. The quantitative estimate of drug-likeness (QED) is 0.603. The highest BCUT2D eigenvalue weighted by Crippen LogP contribution is 2.30. The molecular formula is C14H19N3OS. The summed E-state index contributed by atoms with van der Waals surface area (Å²) in [4.78, 5) is 4.29. The van der Waals surface area contributed by atoms with Crippen LogP contribution in [-0.4, -0.2) is 24.7 Å². The number of ether oxygens (including phenoxy) is 1. The SMILES string of the molecule is Nc1c(NCCCOCC2CC2)ccc2scnc12. The third-order valence-electron chi connectivity index (χ3n) is 3.37. The van der Waals surface area contributed by atoms with Gasteiger partial charge in [-0.25, -0.2) is 4.98 Å². The molecular weight excluding hydrogens is 258 g/mol. The Balaban J connectivity index is 1.46. The van der Waals surface area contributed by atoms with Crippen LogP contribution in [0.2, 0.25) is 0 Å². The summed E-state index contributed by atoms with van der Waals surface area (Å²) in [6.07, 6.45) is 3.70. The van der Waals surface area contributed by atoms with Gasteiger partial charge in [-0.2, -0.15) is 0 Å². The highest BCUT2D eigenvalue weighted by molar-refractivity contribution is 7.16. The van der Waals surface area contributed by atoms with E-state index in [9.17, 15) is 0 Å². The van der Waals surface area contributed by atoms with Crippen molar-refractivity contribution in [1.29, 1.82) is 0 Å². The summed E-state index contributed by atoms with van der Waals surface area (Å²) in [6.45, 7) is 2.64. The summed E-state index contributed by atoms with van der Waals surface area (Å²) >= 11 is 1.61. The Hall–Kier alpha value is -1.33. The van der Waals surface area contributed by atoms with Crippen LogP contribution in [0.5, 0.6) is 0 Å². The molecule has 1 aromatic heterocycles. The number of nitrogens with two attached hydrogens (primary N) is 1. The fraction of sp³-hybridized carbons (Fsp3) is 0.500. The van der Waals surface area contributed by atoms with E-state index in [0.717, 1.165) is 53.7 Å². The molecule has 1 aliphatic carbocycles. The van der Waals surface area contributed by atoms with Gasteiger partial charge in [0.25, 0.3) is 0 Å². The Bertz CT molecular complexity index is 551. The number of aromatic nitrogens is 1. The molecule has 1 saturated carbocycles. The molecule has 0 atom stereocenters. The van der Waals surface area contributed by atoms with Crippen molar-refractivity contribution in [1.82, 2.24) is 4.98 Å². The zero-order valence-corrected chi connectivity index (χ0v) is 11.7. The normalized spacial score (nSPS) is 14.9. The summed E-state index contributed by atoms with van der Waals surface area (Å²) in [5, 5.41) is 3.36. The standard InChI is InChI=1S/C14H19N3OS/c15-13-11(4-5-12-14(13)17-9-19-12)16-6-1-7-18-8-10-2-3-10/h4-5,9-10,16H,1-3,6-8,15H2. The van der Waals surface area contributed by atoms with Crippen molar-refractivity contribution in [2.75, 3.05) is 30.8 Å². The van der Waals surface area contributed by atoms with Gasteiger partial charge in [0.1, 0.15) is 5.52 Å². The van der Waals surface area contributed by atoms with Crippen LogP contribution in [0, 0.1) is 5.92 Å². The summed E-state index contributed by atoms with van der Waals surface area (Å²) in [7, 11) is 0. The molecule has 3 N–H and O–H groups in total. The van der Waals surface area contributed by atoms with Gasteiger partial charge in [0.2, 0.25) is 0 Å². The number of thiazole rings is 1. The summed E-state index contributed by atoms with van der Waals surface area (Å²) in [5.74, 6) is 0.843. The van der Waals surface area contributed by atoms with Gasteiger partial charge in [-0.3, -0.25) is 0 Å². The van der Waals surface area contributed by atoms with Gasteiger partial charge in [0.05, 0.1) is 21.6 Å². The van der Waals surface area contributed by atoms with E-state index in [1.54, 1.807) is 11.3 Å². The Morgan fingerprint density at radius 2 is 2.32 bits per heavy atom. The fourth-order valence-electron chi connectivity index (χ4n) is 2.04. The van der Waals surface area contributed by atoms with Crippen LogP contribution in [-0.2, 0) is 4.74 Å². The van der Waals surface area contributed by atoms with Gasteiger partial charge in [-0.05, 0) is 37.3 Å². The molecule has 0 aliphatic heterocycles. The van der Waals surface area contributed by atoms with Crippen molar-refractivity contribution in [2.45, 2.75) is 19.3 Å². The van der Waals surface area contributed by atoms with E-state index in [1.807, 2.05) is 11.6 Å². The van der Waals surface area contributed by atoms with E-state index in [0.29, 0.717) is 0 Å². The Morgan fingerprint density at radius 1 is 1.42 bits per heavy atom. The van der Waals surface area contributed by atoms with E-state index in [4.69, 9.17) is 10.5 Å². The van der Waals surface area contributed by atoms with Crippen molar-refractivity contribution in [3.05, 3.63) is 17.6 Å². The van der Waals surface area contributed by atoms with Gasteiger partial charge in [0, 0.05) is 19.8 Å². The van der Waals surface area contributed by atoms with Crippen LogP contribution in [0.4, 0.5) is 11.4 Å². The number of nitrogens with zero attached hydrogens (tertiary/aromatic N) is 1. The molecule has 0 saturated heterocycles. The molecule has 1 heterocycles. The predicted octanol–water partition coefficient (Wildman–Crippen LogP) is 3.11. The highest BCUT2D eigenvalue weighted by atomic mass is 32.1. The number of hydrogen-bond acceptors (Lipinski definition) is 5. The molecule has 1 aromatic carbocycles. The van der Waals surface area contributed by atoms with Crippen LogP contribution in [0.1, 0.15) is 19.3 Å². The first-order chi connectivity index (χ1) is 9.34. The van der Waals surface area contributed by atoms with Crippen molar-refractivity contribution < 1.29 is 4.74 Å². The smallest absolute Gasteiger partial charge is 0.106 e. The topological polar surface area (TPSA) is 60.2 Å². The first kappa shape index (κ1) is 12.7. The summed E-state index contributed by atoms with van der Waals surface area (Å²) in [5.41, 5.74) is 10.6. The number of benzene rings is 1. The lowest BCUT2D eigenvalue weighted by Gasteiger charge is -2.09. The molecule has 1 fully saturated rings. The Labute approximate surface area is 117 Å². The number of nitrogen functional groups attached to an aromatic ring is 1. The molecule has 1 aliphatic rings. The second-order valence-electron chi connectivity index (χ2n) is 5.02. The fourth-order valence-corrected chi connectivity index (χ4v) is 2.73. The lowest BCUT2D eigenvalue weighted by atomic mass is 10.2. The van der Waals surface area contributed by atoms with Gasteiger partial charge < -0.3 is 15.8 Å². The number of nitrogens with one attached hydrogen (secondary N) is 1. The Kier molecular flexibility index (Phi) is 3.84. The van der Waals surface area contributed by atoms with Crippen LogP contribution < -0.4 is 11.1 Å². The van der Waals surface area contributed by atoms with E-state index in [2.05, 4.69) is 16.4 Å². The minimum absolute atomic E-state index is 0.748. The predicted molar refractivity (Wildman–Crippen MR) is 80.7 cm³/mol. The number of anilines is 2. The van der Waals surface area contributed by atoms with Crippen molar-refractivity contribution >= 4 is 32.9 Å². The average molecular weight is 277 g/mol. The molecule has 0 radical (unpaired) electrons. The van der Waals surface area contributed by atoms with E-state index in [1.165, 1.54) is 12.8 Å². The zero-order valence-electron chi connectivity index (χ0n) is 10.9. The molecule has 0 amide bonds. The third-order valence-corrected chi connectivity index (χ3v) is 4.17. The molecule has 5 heteroatoms. The lowest BCUT2D eigenvalue weighted by Crippen LogP contribution is -2.08. The first-order valence-corrected chi connectivity index (χ1v) is 7.66. The van der Waals surface area contributed by atoms with Crippen molar-refractivity contribution in [3.63, 3.8) is 0 Å². The first-order valence-electron chi connectivity index (χ1n) is 6.78. The molecule has 0 bridgehead atoms. The van der Waals surface area contributed by atoms with Gasteiger partial charge in [-0.1, -0.05) is 0 Å². The minimum Gasteiger partial charge on any atom is -0.395 e. The molecule has 4 nitrogen and oxygen atoms in total. The van der Waals surface area contributed by atoms with Gasteiger partial charge >= 0.3 is 0 Å². The number of rotatable bonds is 7. The lowest BCUT2D eigenvalue weighted by molar-refractivity contribution is 0.124. The molecule has 0 spiro atoms.